The number of rotatable bonds is 5. The van der Waals surface area contributed by atoms with Gasteiger partial charge in [0.25, 0.3) is 0 Å². The topological polar surface area (TPSA) is 35.5 Å². The minimum Gasteiger partial charge on any atom is -0.494 e. The summed E-state index contributed by atoms with van der Waals surface area (Å²) in [6.07, 6.45) is -3.01. The van der Waals surface area contributed by atoms with Crippen LogP contribution in [0.2, 0.25) is 0 Å². The molecule has 1 fully saturated rings. The Labute approximate surface area is 151 Å². The first-order valence-electron chi connectivity index (χ1n) is 7.09. The number of hydrogen-bond acceptors (Lipinski definition) is 3. The number of alkyl halides is 2. The molecule has 1 aromatic rings. The molecule has 0 heterocycles. The Morgan fingerprint density at radius 2 is 1.84 bits per heavy atom. The van der Waals surface area contributed by atoms with Gasteiger partial charge < -0.3 is 9.47 Å². The fourth-order valence-corrected chi connectivity index (χ4v) is 3.01. The molecular formula is C16H14Cl2F4O3. The summed E-state index contributed by atoms with van der Waals surface area (Å²) < 4.78 is 64.3. The van der Waals surface area contributed by atoms with E-state index in [1.807, 2.05) is 0 Å². The number of allylic oxidation sites excluding steroid dienone is 1. The second-order valence-corrected chi connectivity index (χ2v) is 7.17. The quantitative estimate of drug-likeness (QED) is 0.505. The van der Waals surface area contributed by atoms with Gasteiger partial charge in [-0.2, -0.15) is 13.2 Å². The van der Waals surface area contributed by atoms with Gasteiger partial charge in [0, 0.05) is 0 Å². The van der Waals surface area contributed by atoms with Crippen molar-refractivity contribution in [3.05, 3.63) is 39.9 Å². The van der Waals surface area contributed by atoms with Crippen LogP contribution in [-0.2, 0) is 15.6 Å². The van der Waals surface area contributed by atoms with Gasteiger partial charge in [-0.25, -0.2) is 4.39 Å². The van der Waals surface area contributed by atoms with Crippen LogP contribution in [0.1, 0.15) is 19.4 Å². The molecule has 0 radical (unpaired) electrons. The summed E-state index contributed by atoms with van der Waals surface area (Å²) in [6, 6.07) is 1.41. The summed E-state index contributed by atoms with van der Waals surface area (Å²) >= 11 is 11.1. The van der Waals surface area contributed by atoms with Gasteiger partial charge in [-0.15, -0.1) is 0 Å². The van der Waals surface area contributed by atoms with Gasteiger partial charge in [-0.1, -0.05) is 37.0 Å². The molecule has 1 aromatic carbocycles. The van der Waals surface area contributed by atoms with Gasteiger partial charge in [-0.05, 0) is 29.5 Å². The van der Waals surface area contributed by atoms with Crippen LogP contribution >= 0.6 is 23.2 Å². The van der Waals surface area contributed by atoms with E-state index in [0.29, 0.717) is 6.07 Å². The number of carbonyl (C=O) groups excluding carboxylic acids is 1. The van der Waals surface area contributed by atoms with Crippen LogP contribution in [0, 0.1) is 28.9 Å². The highest BCUT2D eigenvalue weighted by Crippen LogP contribution is 2.60. The zero-order valence-electron chi connectivity index (χ0n) is 13.4. The normalized spacial score (nSPS) is 21.5. The highest BCUT2D eigenvalue weighted by molar-refractivity contribution is 6.55. The van der Waals surface area contributed by atoms with E-state index >= 15 is 0 Å². The number of benzene rings is 1. The van der Waals surface area contributed by atoms with E-state index in [2.05, 4.69) is 9.47 Å². The third kappa shape index (κ3) is 3.72. The zero-order valence-corrected chi connectivity index (χ0v) is 14.9. The van der Waals surface area contributed by atoms with Gasteiger partial charge in [0.15, 0.2) is 11.6 Å². The molecule has 1 aliphatic carbocycles. The van der Waals surface area contributed by atoms with E-state index in [0.717, 1.165) is 13.2 Å². The average Bonchev–Trinajstić information content (AvgIpc) is 3.01. The van der Waals surface area contributed by atoms with Crippen molar-refractivity contribution in [1.82, 2.24) is 0 Å². The van der Waals surface area contributed by atoms with Crippen LogP contribution in [0.4, 0.5) is 17.6 Å². The van der Waals surface area contributed by atoms with Crippen molar-refractivity contribution >= 4 is 29.2 Å². The van der Waals surface area contributed by atoms with Crippen molar-refractivity contribution in [3.63, 3.8) is 0 Å². The first kappa shape index (κ1) is 19.8. The van der Waals surface area contributed by atoms with Crippen molar-refractivity contribution in [2.75, 3.05) is 7.11 Å². The standard InChI is InChI=1S/C16H14Cl2F4O3/c1-15(2)8(6-10(17)18)11(15)14(23)25-16(21,22)7-4-5-9(24-3)13(20)12(7)19/h4-6,8,11H,1-3H3. The van der Waals surface area contributed by atoms with Gasteiger partial charge in [0.2, 0.25) is 5.82 Å². The lowest BCUT2D eigenvalue weighted by Crippen LogP contribution is -2.26. The first-order valence-corrected chi connectivity index (χ1v) is 7.85. The van der Waals surface area contributed by atoms with E-state index in [4.69, 9.17) is 23.2 Å². The van der Waals surface area contributed by atoms with Crippen molar-refractivity contribution in [3.8, 4) is 5.75 Å². The predicted octanol–water partition coefficient (Wildman–Crippen LogP) is 5.16. The molecule has 0 aromatic heterocycles. The highest BCUT2D eigenvalue weighted by atomic mass is 35.5. The van der Waals surface area contributed by atoms with E-state index in [9.17, 15) is 22.4 Å². The first-order chi connectivity index (χ1) is 11.4. The van der Waals surface area contributed by atoms with Crippen molar-refractivity contribution in [1.29, 1.82) is 0 Å². The Kier molecular flexibility index (Phi) is 5.31. The zero-order chi connectivity index (χ0) is 19.2. The van der Waals surface area contributed by atoms with Crippen LogP contribution in [-0.4, -0.2) is 13.1 Å². The summed E-state index contributed by atoms with van der Waals surface area (Å²) in [5.74, 6) is -6.70. The lowest BCUT2D eigenvalue weighted by Gasteiger charge is -2.18. The van der Waals surface area contributed by atoms with Gasteiger partial charge in [0.05, 0.1) is 13.0 Å². The molecule has 1 aliphatic rings. The van der Waals surface area contributed by atoms with Crippen LogP contribution in [0.3, 0.4) is 0 Å². The van der Waals surface area contributed by atoms with Crippen LogP contribution in [0.5, 0.6) is 5.75 Å². The van der Waals surface area contributed by atoms with Crippen LogP contribution in [0.15, 0.2) is 22.7 Å². The molecule has 2 unspecified atom stereocenters. The Morgan fingerprint density at radius 3 is 2.36 bits per heavy atom. The molecule has 0 bridgehead atoms. The third-order valence-electron chi connectivity index (χ3n) is 4.28. The number of esters is 1. The molecule has 0 aliphatic heterocycles. The van der Waals surface area contributed by atoms with Crippen molar-refractivity contribution < 1.29 is 31.8 Å². The summed E-state index contributed by atoms with van der Waals surface area (Å²) in [7, 11) is 1.06. The second-order valence-electron chi connectivity index (χ2n) is 6.16. The second kappa shape index (κ2) is 6.68. The SMILES string of the molecule is COc1ccc(C(F)(F)OC(=O)C2C(C=C(Cl)Cl)C2(C)C)c(F)c1F. The molecule has 0 amide bonds. The number of halogens is 6. The lowest BCUT2D eigenvalue weighted by atomic mass is 10.1. The molecule has 0 N–H and O–H groups in total. The third-order valence-corrected chi connectivity index (χ3v) is 4.53. The summed E-state index contributed by atoms with van der Waals surface area (Å²) in [5, 5.41) is 0. The minimum absolute atomic E-state index is 0.108. The number of methoxy groups -OCH3 is 1. The Balaban J connectivity index is 2.24. The predicted molar refractivity (Wildman–Crippen MR) is 83.4 cm³/mol. The summed E-state index contributed by atoms with van der Waals surface area (Å²) in [4.78, 5) is 12.1. The van der Waals surface area contributed by atoms with Crippen molar-refractivity contribution in [2.24, 2.45) is 17.3 Å². The molecular weight excluding hydrogens is 387 g/mol. The number of ether oxygens (including phenoxy) is 2. The fraction of sp³-hybridized carbons (Fsp3) is 0.438. The molecule has 25 heavy (non-hydrogen) atoms. The van der Waals surface area contributed by atoms with Gasteiger partial charge in [0.1, 0.15) is 10.1 Å². The molecule has 9 heteroatoms. The van der Waals surface area contributed by atoms with Crippen LogP contribution in [0.25, 0.3) is 0 Å². The van der Waals surface area contributed by atoms with Gasteiger partial charge >= 0.3 is 12.1 Å². The Hall–Kier alpha value is -1.47. The molecule has 1 saturated carbocycles. The van der Waals surface area contributed by atoms with Gasteiger partial charge in [-0.3, -0.25) is 4.79 Å². The maximum atomic E-state index is 14.2. The number of hydrogen-bond donors (Lipinski definition) is 0. The molecule has 138 valence electrons. The largest absolute Gasteiger partial charge is 0.494 e. The molecule has 0 spiro atoms. The molecule has 0 saturated heterocycles. The van der Waals surface area contributed by atoms with Crippen molar-refractivity contribution in [2.45, 2.75) is 20.0 Å². The maximum Gasteiger partial charge on any atom is 0.431 e. The summed E-state index contributed by atoms with van der Waals surface area (Å²) in [6.45, 7) is 3.28. The van der Waals surface area contributed by atoms with E-state index in [-0.39, 0.29) is 4.49 Å². The molecule has 3 nitrogen and oxygen atoms in total. The fourth-order valence-electron chi connectivity index (χ4n) is 2.73. The smallest absolute Gasteiger partial charge is 0.431 e. The highest BCUT2D eigenvalue weighted by Gasteiger charge is 2.63. The van der Waals surface area contributed by atoms with E-state index < -0.39 is 52.3 Å². The van der Waals surface area contributed by atoms with E-state index in [1.54, 1.807) is 13.8 Å². The average molecular weight is 401 g/mol. The Morgan fingerprint density at radius 1 is 1.24 bits per heavy atom. The van der Waals surface area contributed by atoms with Crippen LogP contribution < -0.4 is 4.74 Å². The van der Waals surface area contributed by atoms with E-state index in [1.165, 1.54) is 6.08 Å². The minimum atomic E-state index is -4.36. The number of carbonyl (C=O) groups is 1. The lowest BCUT2D eigenvalue weighted by molar-refractivity contribution is -0.243. The maximum absolute atomic E-state index is 14.2. The molecule has 2 atom stereocenters. The summed E-state index contributed by atoms with van der Waals surface area (Å²) in [5.41, 5.74) is -2.11. The monoisotopic (exact) mass is 400 g/mol. The molecule has 2 rings (SSSR count). The Bertz CT molecular complexity index is 730.